The molecule has 3 rings (SSSR count). The number of hydrogen-bond acceptors (Lipinski definition) is 2. The monoisotopic (exact) mass is 346 g/mol. The molecular formula is C18H12Cl2O3. The molecule has 0 unspecified atom stereocenters. The zero-order valence-corrected chi connectivity index (χ0v) is 13.7. The largest absolute Gasteiger partial charge is 0.496 e. The highest BCUT2D eigenvalue weighted by molar-refractivity contribution is 6.38. The van der Waals surface area contributed by atoms with E-state index in [1.54, 1.807) is 6.07 Å². The van der Waals surface area contributed by atoms with Crippen molar-refractivity contribution in [1.82, 2.24) is 0 Å². The summed E-state index contributed by atoms with van der Waals surface area (Å²) in [6, 6.07) is 14.3. The number of hydrogen-bond donors (Lipinski definition) is 1. The summed E-state index contributed by atoms with van der Waals surface area (Å²) in [5.74, 6) is -0.546. The van der Waals surface area contributed by atoms with E-state index in [4.69, 9.17) is 27.9 Å². The Labute approximate surface area is 143 Å². The Bertz CT molecular complexity index is 920. The number of halogens is 2. The van der Waals surface area contributed by atoms with Gasteiger partial charge in [-0.05, 0) is 29.0 Å². The molecule has 116 valence electrons. The molecule has 0 saturated heterocycles. The van der Waals surface area contributed by atoms with E-state index < -0.39 is 5.97 Å². The lowest BCUT2D eigenvalue weighted by Crippen LogP contribution is -2.02. The van der Waals surface area contributed by atoms with Gasteiger partial charge in [0.15, 0.2) is 0 Å². The summed E-state index contributed by atoms with van der Waals surface area (Å²) in [7, 11) is 1.54. The van der Waals surface area contributed by atoms with Crippen LogP contribution >= 0.6 is 23.2 Å². The Morgan fingerprint density at radius 2 is 1.78 bits per heavy atom. The molecule has 0 bridgehead atoms. The summed E-state index contributed by atoms with van der Waals surface area (Å²) in [5, 5.41) is 11.9. The fourth-order valence-electron chi connectivity index (χ4n) is 2.68. The van der Waals surface area contributed by atoms with Gasteiger partial charge in [-0.15, -0.1) is 0 Å². The van der Waals surface area contributed by atoms with Crippen molar-refractivity contribution in [3.8, 4) is 16.9 Å². The van der Waals surface area contributed by atoms with Crippen LogP contribution in [0.5, 0.6) is 5.75 Å². The number of carboxylic acid groups (broad SMARTS) is 1. The Morgan fingerprint density at radius 1 is 1.04 bits per heavy atom. The highest BCUT2D eigenvalue weighted by Crippen LogP contribution is 2.43. The maximum absolute atomic E-state index is 11.7. The summed E-state index contributed by atoms with van der Waals surface area (Å²) in [5.41, 5.74) is 1.08. The van der Waals surface area contributed by atoms with E-state index in [-0.39, 0.29) is 15.6 Å². The van der Waals surface area contributed by atoms with Crippen molar-refractivity contribution in [3.05, 3.63) is 64.1 Å². The van der Waals surface area contributed by atoms with Gasteiger partial charge in [0.25, 0.3) is 0 Å². The van der Waals surface area contributed by atoms with Crippen LogP contribution < -0.4 is 4.74 Å². The second-order valence-electron chi connectivity index (χ2n) is 4.98. The number of fused-ring (bicyclic) bond motifs is 1. The molecule has 3 aromatic rings. The topological polar surface area (TPSA) is 46.5 Å². The van der Waals surface area contributed by atoms with E-state index in [0.29, 0.717) is 16.9 Å². The number of benzene rings is 3. The molecule has 0 amide bonds. The lowest BCUT2D eigenvalue weighted by Gasteiger charge is -2.16. The van der Waals surface area contributed by atoms with Crippen molar-refractivity contribution in [1.29, 1.82) is 0 Å². The Kier molecular flexibility index (Phi) is 4.16. The van der Waals surface area contributed by atoms with E-state index in [1.807, 2.05) is 30.3 Å². The van der Waals surface area contributed by atoms with Crippen LogP contribution in [0.1, 0.15) is 10.4 Å². The van der Waals surface area contributed by atoms with E-state index in [0.717, 1.165) is 10.8 Å². The summed E-state index contributed by atoms with van der Waals surface area (Å²) in [4.78, 5) is 11.7. The molecule has 0 aliphatic carbocycles. The maximum Gasteiger partial charge on any atom is 0.336 e. The number of rotatable bonds is 3. The highest BCUT2D eigenvalue weighted by Gasteiger charge is 2.21. The summed E-state index contributed by atoms with van der Waals surface area (Å²) < 4.78 is 5.44. The molecular weight excluding hydrogens is 335 g/mol. The smallest absolute Gasteiger partial charge is 0.336 e. The van der Waals surface area contributed by atoms with Crippen LogP contribution in [0, 0.1) is 0 Å². The first kappa shape index (κ1) is 15.7. The molecule has 5 heteroatoms. The first-order chi connectivity index (χ1) is 11.0. The predicted molar refractivity (Wildman–Crippen MR) is 92.9 cm³/mol. The SMILES string of the molecule is COc1ccc2ccccc2c1-c1c(Cl)cc(Cl)cc1C(=O)O. The van der Waals surface area contributed by atoms with Crippen LogP contribution in [0.4, 0.5) is 0 Å². The third-order valence-electron chi connectivity index (χ3n) is 3.65. The molecule has 0 fully saturated rings. The van der Waals surface area contributed by atoms with Crippen LogP contribution in [-0.2, 0) is 0 Å². The van der Waals surface area contributed by atoms with Crippen LogP contribution in [0.3, 0.4) is 0 Å². The number of methoxy groups -OCH3 is 1. The van der Waals surface area contributed by atoms with Crippen LogP contribution in [0.2, 0.25) is 10.0 Å². The molecule has 0 spiro atoms. The lowest BCUT2D eigenvalue weighted by atomic mass is 9.93. The molecule has 0 radical (unpaired) electrons. The van der Waals surface area contributed by atoms with Gasteiger partial charge in [0.1, 0.15) is 5.75 Å². The van der Waals surface area contributed by atoms with E-state index in [2.05, 4.69) is 0 Å². The van der Waals surface area contributed by atoms with Gasteiger partial charge in [0.2, 0.25) is 0 Å². The normalized spacial score (nSPS) is 10.7. The van der Waals surface area contributed by atoms with Crippen LogP contribution in [0.25, 0.3) is 21.9 Å². The van der Waals surface area contributed by atoms with Crippen LogP contribution in [0.15, 0.2) is 48.5 Å². The highest BCUT2D eigenvalue weighted by atomic mass is 35.5. The molecule has 1 N–H and O–H groups in total. The molecule has 3 aromatic carbocycles. The van der Waals surface area contributed by atoms with Gasteiger partial charge in [-0.25, -0.2) is 4.79 Å². The molecule has 0 saturated carbocycles. The number of carboxylic acids is 1. The summed E-state index contributed by atoms with van der Waals surface area (Å²) >= 11 is 12.3. The van der Waals surface area contributed by atoms with E-state index >= 15 is 0 Å². The Morgan fingerprint density at radius 3 is 2.48 bits per heavy atom. The first-order valence-corrected chi connectivity index (χ1v) is 7.57. The van der Waals surface area contributed by atoms with Crippen molar-refractivity contribution in [3.63, 3.8) is 0 Å². The molecule has 0 atom stereocenters. The minimum Gasteiger partial charge on any atom is -0.496 e. The summed E-state index contributed by atoms with van der Waals surface area (Å²) in [6.45, 7) is 0. The minimum absolute atomic E-state index is 0.0390. The van der Waals surface area contributed by atoms with Crippen molar-refractivity contribution < 1.29 is 14.6 Å². The number of carbonyl (C=O) groups is 1. The van der Waals surface area contributed by atoms with Gasteiger partial charge in [0.05, 0.1) is 17.7 Å². The van der Waals surface area contributed by atoms with Crippen molar-refractivity contribution >= 4 is 39.9 Å². The van der Waals surface area contributed by atoms with Crippen molar-refractivity contribution in [2.45, 2.75) is 0 Å². The molecule has 0 aromatic heterocycles. The van der Waals surface area contributed by atoms with Gasteiger partial charge in [-0.3, -0.25) is 0 Å². The number of ether oxygens (including phenoxy) is 1. The van der Waals surface area contributed by atoms with Gasteiger partial charge in [-0.1, -0.05) is 53.5 Å². The second-order valence-corrected chi connectivity index (χ2v) is 5.82. The van der Waals surface area contributed by atoms with Gasteiger partial charge >= 0.3 is 5.97 Å². The average molecular weight is 347 g/mol. The Balaban J connectivity index is 2.48. The standard InChI is InChI=1S/C18H12Cl2O3/c1-23-15-7-6-10-4-2-3-5-12(10)17(15)16-13(18(21)22)8-11(19)9-14(16)20/h2-9H,1H3,(H,21,22). The van der Waals surface area contributed by atoms with Crippen molar-refractivity contribution in [2.24, 2.45) is 0 Å². The average Bonchev–Trinajstić information content (AvgIpc) is 2.53. The zero-order valence-electron chi connectivity index (χ0n) is 12.1. The summed E-state index contributed by atoms with van der Waals surface area (Å²) in [6.07, 6.45) is 0. The van der Waals surface area contributed by atoms with Crippen molar-refractivity contribution in [2.75, 3.05) is 7.11 Å². The minimum atomic E-state index is -1.10. The zero-order chi connectivity index (χ0) is 16.6. The van der Waals surface area contributed by atoms with E-state index in [9.17, 15) is 9.90 Å². The maximum atomic E-state index is 11.7. The third kappa shape index (κ3) is 2.74. The van der Waals surface area contributed by atoms with Gasteiger partial charge < -0.3 is 9.84 Å². The fraction of sp³-hybridized carbons (Fsp3) is 0.0556. The van der Waals surface area contributed by atoms with Gasteiger partial charge in [-0.2, -0.15) is 0 Å². The molecule has 0 aliphatic heterocycles. The first-order valence-electron chi connectivity index (χ1n) is 6.81. The molecule has 0 aliphatic rings. The Hall–Kier alpha value is -2.23. The predicted octanol–water partition coefficient (Wildman–Crippen LogP) is 5.52. The lowest BCUT2D eigenvalue weighted by molar-refractivity contribution is 0.0697. The quantitative estimate of drug-likeness (QED) is 0.678. The fourth-order valence-corrected chi connectivity index (χ4v) is 3.26. The molecule has 0 heterocycles. The second kappa shape index (κ2) is 6.11. The van der Waals surface area contributed by atoms with Gasteiger partial charge in [0, 0.05) is 16.1 Å². The van der Waals surface area contributed by atoms with Crippen LogP contribution in [-0.4, -0.2) is 18.2 Å². The molecule has 23 heavy (non-hydrogen) atoms. The van der Waals surface area contributed by atoms with E-state index in [1.165, 1.54) is 19.2 Å². The molecule has 3 nitrogen and oxygen atoms in total. The number of aromatic carboxylic acids is 1. The third-order valence-corrected chi connectivity index (χ3v) is 4.16.